The van der Waals surface area contributed by atoms with Crippen molar-refractivity contribution in [2.45, 2.75) is 19.8 Å². The van der Waals surface area contributed by atoms with E-state index in [1.807, 2.05) is 64.5 Å². The first-order valence-electron chi connectivity index (χ1n) is 13.3. The molecule has 4 aromatic rings. The van der Waals surface area contributed by atoms with Gasteiger partial charge in [-0.25, -0.2) is 9.97 Å². The van der Waals surface area contributed by atoms with Gasteiger partial charge in [0, 0.05) is 50.6 Å². The molecule has 10 heteroatoms. The van der Waals surface area contributed by atoms with Crippen molar-refractivity contribution in [3.63, 3.8) is 0 Å². The smallest absolute Gasteiger partial charge is 0.253 e. The van der Waals surface area contributed by atoms with E-state index >= 15 is 0 Å². The van der Waals surface area contributed by atoms with E-state index in [1.54, 1.807) is 6.07 Å². The highest BCUT2D eigenvalue weighted by atomic mass is 16.5. The molecule has 3 heterocycles. The second kappa shape index (κ2) is 12.3. The maximum atomic E-state index is 13.5. The molecule has 2 N–H and O–H groups in total. The van der Waals surface area contributed by atoms with Crippen LogP contribution < -0.4 is 15.0 Å². The second-order valence-corrected chi connectivity index (χ2v) is 9.78. The Hall–Kier alpha value is -4.91. The van der Waals surface area contributed by atoms with Gasteiger partial charge in [-0.3, -0.25) is 9.59 Å². The number of benzene rings is 2. The molecule has 10 nitrogen and oxygen atoms in total. The van der Waals surface area contributed by atoms with Crippen molar-refractivity contribution in [1.29, 1.82) is 5.26 Å². The Kier molecular flexibility index (Phi) is 8.21. The summed E-state index contributed by atoms with van der Waals surface area (Å²) in [5.74, 6) is 1.48. The van der Waals surface area contributed by atoms with Crippen LogP contribution in [0.15, 0.2) is 67.1 Å². The molecule has 0 aliphatic carbocycles. The zero-order chi connectivity index (χ0) is 27.9. The van der Waals surface area contributed by atoms with Crippen molar-refractivity contribution in [2.24, 2.45) is 5.92 Å². The first-order chi connectivity index (χ1) is 19.5. The lowest BCUT2D eigenvalue weighted by molar-refractivity contribution is -0.118. The van der Waals surface area contributed by atoms with E-state index < -0.39 is 0 Å². The standard InChI is InChI=1S/C30H31N7O3/c1-21(38)32-13-16-37(29-26-9-12-33-28(26)34-20-35-29)25-7-4-6-23(17-25)30(39)36-14-10-22(11-15-36)19-40-27-8-3-2-5-24(27)18-31/h2-9,12,17,20,22H,10-11,13-16,19H2,1H3,(H,32,38)(H,33,34,35). The van der Waals surface area contributed by atoms with Gasteiger partial charge in [0.2, 0.25) is 5.91 Å². The fourth-order valence-electron chi connectivity index (χ4n) is 4.96. The largest absolute Gasteiger partial charge is 0.492 e. The number of nitriles is 1. The van der Waals surface area contributed by atoms with Gasteiger partial charge in [-0.1, -0.05) is 18.2 Å². The zero-order valence-electron chi connectivity index (χ0n) is 22.3. The highest BCUT2D eigenvalue weighted by Crippen LogP contribution is 2.30. The second-order valence-electron chi connectivity index (χ2n) is 9.78. The third kappa shape index (κ3) is 6.04. The van der Waals surface area contributed by atoms with Crippen molar-refractivity contribution in [3.8, 4) is 11.8 Å². The Morgan fingerprint density at radius 2 is 1.98 bits per heavy atom. The van der Waals surface area contributed by atoms with Crippen LogP contribution in [0.5, 0.6) is 5.75 Å². The average Bonchev–Trinajstić information content (AvgIpc) is 3.48. The quantitative estimate of drug-likeness (QED) is 0.330. The summed E-state index contributed by atoms with van der Waals surface area (Å²) in [4.78, 5) is 40.8. The molecule has 0 atom stereocenters. The number of hydrogen-bond donors (Lipinski definition) is 2. The topological polar surface area (TPSA) is 127 Å². The number of nitrogens with zero attached hydrogens (tertiary/aromatic N) is 5. The first kappa shape index (κ1) is 26.7. The Labute approximate surface area is 232 Å². The van der Waals surface area contributed by atoms with Crippen molar-refractivity contribution in [3.05, 3.63) is 78.2 Å². The average molecular weight is 538 g/mol. The summed E-state index contributed by atoms with van der Waals surface area (Å²) in [6.45, 7) is 4.16. The summed E-state index contributed by atoms with van der Waals surface area (Å²) >= 11 is 0. The number of para-hydroxylation sites is 1. The van der Waals surface area contributed by atoms with Crippen LogP contribution in [0.4, 0.5) is 11.5 Å². The lowest BCUT2D eigenvalue weighted by atomic mass is 9.97. The van der Waals surface area contributed by atoms with E-state index in [0.29, 0.717) is 67.0 Å². The summed E-state index contributed by atoms with van der Waals surface area (Å²) in [6.07, 6.45) is 4.97. The first-order valence-corrected chi connectivity index (χ1v) is 13.3. The number of rotatable bonds is 9. The van der Waals surface area contributed by atoms with Gasteiger partial charge in [0.1, 0.15) is 29.6 Å². The van der Waals surface area contributed by atoms with E-state index in [-0.39, 0.29) is 11.8 Å². The summed E-state index contributed by atoms with van der Waals surface area (Å²) in [6, 6.07) is 18.8. The Bertz CT molecular complexity index is 1540. The minimum absolute atomic E-state index is 0.0210. The SMILES string of the molecule is CC(=O)NCCN(c1cccc(C(=O)N2CCC(COc3ccccc3C#N)CC2)c1)c1ncnc2[nH]ccc12. The number of likely N-dealkylation sites (tertiary alicyclic amines) is 1. The zero-order valence-corrected chi connectivity index (χ0v) is 22.3. The number of aromatic amines is 1. The highest BCUT2D eigenvalue weighted by Gasteiger charge is 2.25. The van der Waals surface area contributed by atoms with Crippen LogP contribution >= 0.6 is 0 Å². The molecule has 204 valence electrons. The van der Waals surface area contributed by atoms with Crippen LogP contribution in [0.3, 0.4) is 0 Å². The normalized spacial score (nSPS) is 13.6. The van der Waals surface area contributed by atoms with Crippen molar-refractivity contribution in [1.82, 2.24) is 25.2 Å². The van der Waals surface area contributed by atoms with Gasteiger partial charge in [0.05, 0.1) is 17.6 Å². The third-order valence-electron chi connectivity index (χ3n) is 7.09. The van der Waals surface area contributed by atoms with E-state index in [0.717, 1.165) is 23.9 Å². The number of hydrogen-bond acceptors (Lipinski definition) is 7. The summed E-state index contributed by atoms with van der Waals surface area (Å²) < 4.78 is 5.93. The van der Waals surface area contributed by atoms with Crippen LogP contribution in [-0.4, -0.2) is 64.5 Å². The van der Waals surface area contributed by atoms with Crippen molar-refractivity contribution in [2.75, 3.05) is 37.7 Å². The van der Waals surface area contributed by atoms with Crippen LogP contribution in [0.2, 0.25) is 0 Å². The highest BCUT2D eigenvalue weighted by molar-refractivity contribution is 5.96. The van der Waals surface area contributed by atoms with Gasteiger partial charge < -0.3 is 24.8 Å². The predicted octanol–water partition coefficient (Wildman–Crippen LogP) is 4.03. The molecule has 1 fully saturated rings. The Morgan fingerprint density at radius 1 is 1.15 bits per heavy atom. The summed E-state index contributed by atoms with van der Waals surface area (Å²) in [5, 5.41) is 13.0. The number of carbonyl (C=O) groups excluding carboxylic acids is 2. The summed E-state index contributed by atoms with van der Waals surface area (Å²) in [5.41, 5.74) is 2.64. The number of ether oxygens (including phenoxy) is 1. The monoisotopic (exact) mass is 537 g/mol. The number of nitrogens with one attached hydrogen (secondary N) is 2. The van der Waals surface area contributed by atoms with Gasteiger partial charge >= 0.3 is 0 Å². The molecule has 0 unspecified atom stereocenters. The lowest BCUT2D eigenvalue weighted by Gasteiger charge is -2.32. The lowest BCUT2D eigenvalue weighted by Crippen LogP contribution is -2.39. The third-order valence-corrected chi connectivity index (χ3v) is 7.09. The minimum atomic E-state index is -0.110. The van der Waals surface area contributed by atoms with Gasteiger partial charge in [-0.2, -0.15) is 5.26 Å². The van der Waals surface area contributed by atoms with Crippen LogP contribution in [0.1, 0.15) is 35.7 Å². The van der Waals surface area contributed by atoms with Crippen LogP contribution in [0, 0.1) is 17.2 Å². The number of anilines is 2. The molecular weight excluding hydrogens is 506 g/mol. The van der Waals surface area contributed by atoms with E-state index in [2.05, 4.69) is 26.3 Å². The van der Waals surface area contributed by atoms with E-state index in [1.165, 1.54) is 13.3 Å². The Morgan fingerprint density at radius 3 is 2.77 bits per heavy atom. The molecule has 1 aliphatic rings. The van der Waals surface area contributed by atoms with Crippen LogP contribution in [0.25, 0.3) is 11.0 Å². The fraction of sp³-hybridized carbons (Fsp3) is 0.300. The van der Waals surface area contributed by atoms with Crippen LogP contribution in [-0.2, 0) is 4.79 Å². The van der Waals surface area contributed by atoms with Crippen molar-refractivity contribution >= 4 is 34.4 Å². The van der Waals surface area contributed by atoms with E-state index in [9.17, 15) is 14.9 Å². The van der Waals surface area contributed by atoms with Crippen molar-refractivity contribution < 1.29 is 14.3 Å². The van der Waals surface area contributed by atoms with Gasteiger partial charge in [-0.15, -0.1) is 0 Å². The molecule has 40 heavy (non-hydrogen) atoms. The molecule has 0 spiro atoms. The van der Waals surface area contributed by atoms with E-state index in [4.69, 9.17) is 4.74 Å². The van der Waals surface area contributed by atoms with Gasteiger partial charge in [0.25, 0.3) is 5.91 Å². The molecule has 2 aromatic heterocycles. The summed E-state index contributed by atoms with van der Waals surface area (Å²) in [7, 11) is 0. The molecule has 0 bridgehead atoms. The molecule has 0 saturated carbocycles. The number of aromatic nitrogens is 3. The molecular formula is C30H31N7O3. The number of piperidine rings is 1. The predicted molar refractivity (Wildman–Crippen MR) is 151 cm³/mol. The molecule has 2 amide bonds. The number of fused-ring (bicyclic) bond motifs is 1. The minimum Gasteiger partial charge on any atom is -0.492 e. The molecule has 1 aliphatic heterocycles. The molecule has 0 radical (unpaired) electrons. The Balaban J connectivity index is 1.27. The van der Waals surface area contributed by atoms with Gasteiger partial charge in [-0.05, 0) is 55.2 Å². The number of carbonyl (C=O) groups is 2. The number of H-pyrrole nitrogens is 1. The maximum absolute atomic E-state index is 13.5. The number of amides is 2. The fourth-order valence-corrected chi connectivity index (χ4v) is 4.96. The van der Waals surface area contributed by atoms with Gasteiger partial charge in [0.15, 0.2) is 0 Å². The molecule has 1 saturated heterocycles. The maximum Gasteiger partial charge on any atom is 0.253 e. The molecule has 5 rings (SSSR count). The molecule has 2 aromatic carbocycles.